The molecule has 0 aliphatic rings. The van der Waals surface area contributed by atoms with Crippen molar-refractivity contribution in [3.05, 3.63) is 99.0 Å². The minimum Gasteiger partial charge on any atom is -0.482 e. The van der Waals surface area contributed by atoms with Crippen LogP contribution in [-0.4, -0.2) is 36.4 Å². The van der Waals surface area contributed by atoms with Crippen molar-refractivity contribution in [3.63, 3.8) is 0 Å². The lowest BCUT2D eigenvalue weighted by Crippen LogP contribution is -2.51. The van der Waals surface area contributed by atoms with E-state index < -0.39 is 6.04 Å². The highest BCUT2D eigenvalue weighted by atomic mass is 35.5. The maximum Gasteiger partial charge on any atom is 0.261 e. The van der Waals surface area contributed by atoms with Crippen molar-refractivity contribution < 1.29 is 14.3 Å². The Morgan fingerprint density at radius 1 is 0.939 bits per heavy atom. The molecular weight excluding hydrogens is 483 g/mol. The second-order valence-electron chi connectivity index (χ2n) is 7.30. The smallest absolute Gasteiger partial charge is 0.261 e. The van der Waals surface area contributed by atoms with E-state index in [2.05, 4.69) is 5.32 Å². The molecule has 1 atom stereocenters. The summed E-state index contributed by atoms with van der Waals surface area (Å²) in [6, 6.07) is 20.6. The third-order valence-electron chi connectivity index (χ3n) is 5.06. The average molecular weight is 506 g/mol. The van der Waals surface area contributed by atoms with Gasteiger partial charge in [-0.25, -0.2) is 0 Å². The van der Waals surface area contributed by atoms with Gasteiger partial charge in [-0.1, -0.05) is 83.3 Å². The first-order valence-electron chi connectivity index (χ1n) is 10.2. The van der Waals surface area contributed by atoms with Crippen LogP contribution in [-0.2, 0) is 22.6 Å². The van der Waals surface area contributed by atoms with Crippen molar-refractivity contribution in [1.29, 1.82) is 0 Å². The Balaban J connectivity index is 1.91. The van der Waals surface area contributed by atoms with E-state index in [0.29, 0.717) is 32.8 Å². The molecule has 0 saturated carbocycles. The molecule has 5 nitrogen and oxygen atoms in total. The van der Waals surface area contributed by atoms with Gasteiger partial charge in [0.1, 0.15) is 11.8 Å². The van der Waals surface area contributed by atoms with Crippen LogP contribution in [0.2, 0.25) is 15.1 Å². The summed E-state index contributed by atoms with van der Waals surface area (Å²) in [5, 5.41) is 3.95. The van der Waals surface area contributed by atoms with Gasteiger partial charge in [0.25, 0.3) is 5.91 Å². The molecule has 0 saturated heterocycles. The minimum atomic E-state index is -0.786. The summed E-state index contributed by atoms with van der Waals surface area (Å²) in [5.74, 6) is -0.294. The van der Waals surface area contributed by atoms with Crippen LogP contribution in [0, 0.1) is 0 Å². The summed E-state index contributed by atoms with van der Waals surface area (Å²) in [6.07, 6.45) is 0.323. The van der Waals surface area contributed by atoms with E-state index in [1.165, 1.54) is 4.90 Å². The number of hydrogen-bond acceptors (Lipinski definition) is 3. The molecule has 0 heterocycles. The molecular formula is C25H23Cl3N2O3. The Kier molecular flexibility index (Phi) is 9.01. The fourth-order valence-corrected chi connectivity index (χ4v) is 4.00. The Bertz CT molecular complexity index is 1110. The normalized spacial score (nSPS) is 11.5. The van der Waals surface area contributed by atoms with E-state index in [4.69, 9.17) is 39.5 Å². The summed E-state index contributed by atoms with van der Waals surface area (Å²) in [6.45, 7) is -0.192. The first-order chi connectivity index (χ1) is 15.9. The summed E-state index contributed by atoms with van der Waals surface area (Å²) in [4.78, 5) is 27.7. The number of nitrogens with zero attached hydrogens (tertiary/aromatic N) is 1. The van der Waals surface area contributed by atoms with Crippen LogP contribution < -0.4 is 10.1 Å². The summed E-state index contributed by atoms with van der Waals surface area (Å²) >= 11 is 18.6. The van der Waals surface area contributed by atoms with Gasteiger partial charge in [-0.15, -0.1) is 0 Å². The van der Waals surface area contributed by atoms with E-state index in [0.717, 1.165) is 5.56 Å². The highest BCUT2D eigenvalue weighted by Gasteiger charge is 2.30. The van der Waals surface area contributed by atoms with Gasteiger partial charge in [0.2, 0.25) is 5.91 Å². The number of carbonyl (C=O) groups is 2. The monoisotopic (exact) mass is 504 g/mol. The molecule has 0 spiro atoms. The van der Waals surface area contributed by atoms with Crippen molar-refractivity contribution >= 4 is 46.6 Å². The number of nitrogens with one attached hydrogen (secondary N) is 1. The number of carbonyl (C=O) groups excluding carboxylic acids is 2. The second kappa shape index (κ2) is 11.9. The highest BCUT2D eigenvalue weighted by Crippen LogP contribution is 2.25. The molecule has 1 unspecified atom stereocenters. The van der Waals surface area contributed by atoms with Gasteiger partial charge >= 0.3 is 0 Å². The third-order valence-corrected chi connectivity index (χ3v) is 5.96. The molecule has 8 heteroatoms. The molecule has 0 bridgehead atoms. The number of hydrogen-bond donors (Lipinski definition) is 1. The molecule has 172 valence electrons. The largest absolute Gasteiger partial charge is 0.482 e. The van der Waals surface area contributed by atoms with E-state index >= 15 is 0 Å². The predicted molar refractivity (Wildman–Crippen MR) is 132 cm³/mol. The molecule has 0 aliphatic heterocycles. The first kappa shape index (κ1) is 24.9. The zero-order valence-corrected chi connectivity index (χ0v) is 20.2. The maximum absolute atomic E-state index is 13.4. The number of rotatable bonds is 9. The van der Waals surface area contributed by atoms with Crippen molar-refractivity contribution in [2.45, 2.75) is 19.0 Å². The number of ether oxygens (including phenoxy) is 1. The highest BCUT2D eigenvalue weighted by molar-refractivity contribution is 6.35. The lowest BCUT2D eigenvalue weighted by Gasteiger charge is -2.31. The van der Waals surface area contributed by atoms with Crippen molar-refractivity contribution in [3.8, 4) is 5.75 Å². The van der Waals surface area contributed by atoms with E-state index in [1.54, 1.807) is 49.5 Å². The Labute approximate surface area is 208 Å². The standard InChI is InChI=1S/C25H23Cl3N2O3/c1-29-25(32)22(13-17-7-3-2-4-8-17)30(15-18-11-12-19(26)14-21(18)28)24(31)16-33-23-10-6-5-9-20(23)27/h2-12,14,22H,13,15-16H2,1H3,(H,29,32). The lowest BCUT2D eigenvalue weighted by atomic mass is 10.0. The van der Waals surface area contributed by atoms with E-state index in [-0.39, 0.29) is 25.0 Å². The Morgan fingerprint density at radius 3 is 2.30 bits per heavy atom. The first-order valence-corrected chi connectivity index (χ1v) is 11.4. The third kappa shape index (κ3) is 6.87. The zero-order valence-electron chi connectivity index (χ0n) is 17.9. The number of amides is 2. The van der Waals surface area contributed by atoms with Gasteiger partial charge in [-0.2, -0.15) is 0 Å². The molecule has 2 amide bonds. The molecule has 1 N–H and O–H groups in total. The minimum absolute atomic E-state index is 0.103. The predicted octanol–water partition coefficient (Wildman–Crippen LogP) is 5.41. The summed E-state index contributed by atoms with van der Waals surface area (Å²) < 4.78 is 5.67. The molecule has 33 heavy (non-hydrogen) atoms. The van der Waals surface area contributed by atoms with Crippen molar-refractivity contribution in [2.24, 2.45) is 0 Å². The number of para-hydroxylation sites is 1. The fraction of sp³-hybridized carbons (Fsp3) is 0.200. The average Bonchev–Trinajstić information content (AvgIpc) is 2.82. The van der Waals surface area contributed by atoms with Crippen molar-refractivity contribution in [2.75, 3.05) is 13.7 Å². The Morgan fingerprint density at radius 2 is 1.64 bits per heavy atom. The van der Waals surface area contributed by atoms with Crippen LogP contribution in [0.25, 0.3) is 0 Å². The molecule has 0 aromatic heterocycles. The Hall–Kier alpha value is -2.73. The summed E-state index contributed by atoms with van der Waals surface area (Å²) in [7, 11) is 1.54. The van der Waals surface area contributed by atoms with Gasteiger partial charge in [0, 0.05) is 30.1 Å². The van der Waals surface area contributed by atoms with Gasteiger partial charge in [-0.05, 0) is 35.4 Å². The van der Waals surface area contributed by atoms with Crippen LogP contribution in [0.15, 0.2) is 72.8 Å². The lowest BCUT2D eigenvalue weighted by molar-refractivity contribution is -0.142. The van der Waals surface area contributed by atoms with Gasteiger partial charge < -0.3 is 15.0 Å². The quantitative estimate of drug-likeness (QED) is 0.423. The molecule has 0 radical (unpaired) electrons. The van der Waals surface area contributed by atoms with Crippen LogP contribution in [0.3, 0.4) is 0 Å². The zero-order chi connectivity index (χ0) is 23.8. The van der Waals surface area contributed by atoms with Crippen LogP contribution in [0.1, 0.15) is 11.1 Å². The SMILES string of the molecule is CNC(=O)C(Cc1ccccc1)N(Cc1ccc(Cl)cc1Cl)C(=O)COc1ccccc1Cl. The molecule has 3 aromatic rings. The number of halogens is 3. The molecule has 3 rings (SSSR count). The maximum atomic E-state index is 13.4. The molecule has 0 aliphatic carbocycles. The van der Waals surface area contributed by atoms with Gasteiger partial charge in [-0.3, -0.25) is 9.59 Å². The summed E-state index contributed by atoms with van der Waals surface area (Å²) in [5.41, 5.74) is 1.58. The molecule has 0 fully saturated rings. The van der Waals surface area contributed by atoms with Gasteiger partial charge in [0.05, 0.1) is 5.02 Å². The van der Waals surface area contributed by atoms with Crippen LogP contribution >= 0.6 is 34.8 Å². The topological polar surface area (TPSA) is 58.6 Å². The van der Waals surface area contributed by atoms with Crippen molar-refractivity contribution in [1.82, 2.24) is 10.2 Å². The van der Waals surface area contributed by atoms with E-state index in [1.807, 2.05) is 30.3 Å². The molecule has 3 aromatic carbocycles. The number of benzene rings is 3. The fourth-order valence-electron chi connectivity index (χ4n) is 3.34. The van der Waals surface area contributed by atoms with Crippen LogP contribution in [0.4, 0.5) is 0 Å². The van der Waals surface area contributed by atoms with Crippen LogP contribution in [0.5, 0.6) is 5.75 Å². The van der Waals surface area contributed by atoms with Gasteiger partial charge in [0.15, 0.2) is 6.61 Å². The second-order valence-corrected chi connectivity index (χ2v) is 8.55. The number of likely N-dealkylation sites (N-methyl/N-ethyl adjacent to an activating group) is 1. The van der Waals surface area contributed by atoms with E-state index in [9.17, 15) is 9.59 Å².